The van der Waals surface area contributed by atoms with Crippen LogP contribution < -0.4 is 5.32 Å². The zero-order chi connectivity index (χ0) is 16.2. The van der Waals surface area contributed by atoms with E-state index in [-0.39, 0.29) is 5.91 Å². The second kappa shape index (κ2) is 7.62. The number of aromatic nitrogens is 1. The Morgan fingerprint density at radius 2 is 2.04 bits per heavy atom. The van der Waals surface area contributed by atoms with Crippen LogP contribution in [0.3, 0.4) is 0 Å². The SMILES string of the molecule is O=C(Nc1nc(CN2CCCCC2)cs1)c1ccc(Cl)cc1Cl. The molecule has 1 aromatic carbocycles. The third kappa shape index (κ3) is 4.44. The number of anilines is 1. The van der Waals surface area contributed by atoms with Gasteiger partial charge in [0.2, 0.25) is 0 Å². The minimum Gasteiger partial charge on any atom is -0.298 e. The van der Waals surface area contributed by atoms with Gasteiger partial charge in [-0.25, -0.2) is 4.98 Å². The average Bonchev–Trinajstić information content (AvgIpc) is 2.95. The molecular weight excluding hydrogens is 353 g/mol. The highest BCUT2D eigenvalue weighted by Gasteiger charge is 2.15. The summed E-state index contributed by atoms with van der Waals surface area (Å²) in [5, 5.41) is 6.22. The lowest BCUT2D eigenvalue weighted by Gasteiger charge is -2.25. The van der Waals surface area contributed by atoms with E-state index < -0.39 is 0 Å². The van der Waals surface area contributed by atoms with E-state index in [1.807, 2.05) is 5.38 Å². The van der Waals surface area contributed by atoms with E-state index in [1.165, 1.54) is 30.6 Å². The Labute approximate surface area is 149 Å². The molecule has 7 heteroatoms. The Balaban J connectivity index is 1.62. The summed E-state index contributed by atoms with van der Waals surface area (Å²) >= 11 is 13.3. The van der Waals surface area contributed by atoms with Gasteiger partial charge in [0.1, 0.15) is 0 Å². The standard InChI is InChI=1S/C16H17Cl2N3OS/c17-11-4-5-13(14(18)8-11)15(22)20-16-19-12(10-23-16)9-21-6-2-1-3-7-21/h4-5,8,10H,1-3,6-7,9H2,(H,19,20,22). The molecule has 122 valence electrons. The van der Waals surface area contributed by atoms with Crippen LogP contribution in [-0.2, 0) is 6.54 Å². The molecule has 1 aromatic heterocycles. The molecule has 1 saturated heterocycles. The van der Waals surface area contributed by atoms with Crippen LogP contribution in [-0.4, -0.2) is 28.9 Å². The van der Waals surface area contributed by atoms with Gasteiger partial charge >= 0.3 is 0 Å². The number of carbonyl (C=O) groups is 1. The minimum atomic E-state index is -0.273. The number of hydrogen-bond acceptors (Lipinski definition) is 4. The van der Waals surface area contributed by atoms with Crippen LogP contribution in [0.5, 0.6) is 0 Å². The first-order valence-electron chi connectivity index (χ1n) is 7.55. The Morgan fingerprint density at radius 1 is 1.26 bits per heavy atom. The summed E-state index contributed by atoms with van der Waals surface area (Å²) in [6.07, 6.45) is 3.82. The normalized spacial score (nSPS) is 15.6. The van der Waals surface area contributed by atoms with Crippen LogP contribution in [0.15, 0.2) is 23.6 Å². The van der Waals surface area contributed by atoms with E-state index in [0.717, 1.165) is 25.3 Å². The fourth-order valence-electron chi connectivity index (χ4n) is 2.62. The van der Waals surface area contributed by atoms with E-state index in [0.29, 0.717) is 20.7 Å². The number of rotatable bonds is 4. The fourth-order valence-corrected chi connectivity index (χ4v) is 3.81. The summed E-state index contributed by atoms with van der Waals surface area (Å²) < 4.78 is 0. The predicted molar refractivity (Wildman–Crippen MR) is 95.7 cm³/mol. The molecule has 0 saturated carbocycles. The molecule has 0 atom stereocenters. The zero-order valence-corrected chi connectivity index (χ0v) is 14.8. The second-order valence-corrected chi connectivity index (χ2v) is 7.26. The predicted octanol–water partition coefficient (Wildman–Crippen LogP) is 4.69. The third-order valence-corrected chi connectivity index (χ3v) is 5.14. The molecule has 0 spiro atoms. The average molecular weight is 370 g/mol. The van der Waals surface area contributed by atoms with E-state index in [2.05, 4.69) is 15.2 Å². The highest BCUT2D eigenvalue weighted by molar-refractivity contribution is 7.14. The maximum absolute atomic E-state index is 12.3. The van der Waals surface area contributed by atoms with E-state index >= 15 is 0 Å². The smallest absolute Gasteiger partial charge is 0.258 e. The van der Waals surface area contributed by atoms with Crippen LogP contribution in [0.1, 0.15) is 35.3 Å². The Kier molecular flexibility index (Phi) is 5.54. The van der Waals surface area contributed by atoms with Crippen molar-refractivity contribution in [3.05, 3.63) is 44.9 Å². The topological polar surface area (TPSA) is 45.2 Å². The molecule has 23 heavy (non-hydrogen) atoms. The molecule has 1 aliphatic heterocycles. The van der Waals surface area contributed by atoms with Crippen LogP contribution in [0, 0.1) is 0 Å². The molecule has 0 aliphatic carbocycles. The number of nitrogens with one attached hydrogen (secondary N) is 1. The quantitative estimate of drug-likeness (QED) is 0.849. The van der Waals surface area contributed by atoms with Gasteiger partial charge in [0.15, 0.2) is 5.13 Å². The van der Waals surface area contributed by atoms with Crippen molar-refractivity contribution >= 4 is 45.6 Å². The maximum Gasteiger partial charge on any atom is 0.258 e. The van der Waals surface area contributed by atoms with Crippen molar-refractivity contribution in [2.45, 2.75) is 25.8 Å². The van der Waals surface area contributed by atoms with Crippen molar-refractivity contribution in [3.8, 4) is 0 Å². The lowest BCUT2D eigenvalue weighted by atomic mass is 10.1. The molecular formula is C16H17Cl2N3OS. The summed E-state index contributed by atoms with van der Waals surface area (Å²) in [7, 11) is 0. The van der Waals surface area contributed by atoms with Crippen molar-refractivity contribution in [1.82, 2.24) is 9.88 Å². The Bertz CT molecular complexity index is 698. The van der Waals surface area contributed by atoms with Gasteiger partial charge < -0.3 is 0 Å². The maximum atomic E-state index is 12.3. The minimum absolute atomic E-state index is 0.273. The largest absolute Gasteiger partial charge is 0.298 e. The first kappa shape index (κ1) is 16.7. The molecule has 1 aliphatic rings. The molecule has 2 aromatic rings. The van der Waals surface area contributed by atoms with Crippen molar-refractivity contribution in [2.24, 2.45) is 0 Å². The van der Waals surface area contributed by atoms with E-state index in [1.54, 1.807) is 18.2 Å². The van der Waals surface area contributed by atoms with Gasteiger partial charge in [0, 0.05) is 16.9 Å². The number of benzene rings is 1. The van der Waals surface area contributed by atoms with Gasteiger partial charge in [-0.15, -0.1) is 11.3 Å². The zero-order valence-electron chi connectivity index (χ0n) is 12.5. The van der Waals surface area contributed by atoms with Crippen molar-refractivity contribution in [3.63, 3.8) is 0 Å². The van der Waals surface area contributed by atoms with Crippen LogP contribution >= 0.6 is 34.5 Å². The molecule has 3 rings (SSSR count). The number of nitrogens with zero attached hydrogens (tertiary/aromatic N) is 2. The highest BCUT2D eigenvalue weighted by Crippen LogP contribution is 2.23. The second-order valence-electron chi connectivity index (χ2n) is 5.56. The molecule has 0 bridgehead atoms. The molecule has 1 N–H and O–H groups in total. The fraction of sp³-hybridized carbons (Fsp3) is 0.375. The lowest BCUT2D eigenvalue weighted by Crippen LogP contribution is -2.29. The van der Waals surface area contributed by atoms with Crippen molar-refractivity contribution in [1.29, 1.82) is 0 Å². The summed E-state index contributed by atoms with van der Waals surface area (Å²) in [6, 6.07) is 4.82. The van der Waals surface area contributed by atoms with Gasteiger partial charge in [-0.2, -0.15) is 0 Å². The number of carbonyl (C=O) groups excluding carboxylic acids is 1. The number of amides is 1. The summed E-state index contributed by atoms with van der Waals surface area (Å²) in [5.41, 5.74) is 1.39. The van der Waals surface area contributed by atoms with Crippen molar-refractivity contribution < 1.29 is 4.79 Å². The molecule has 2 heterocycles. The molecule has 0 radical (unpaired) electrons. The van der Waals surface area contributed by atoms with Crippen LogP contribution in [0.2, 0.25) is 10.0 Å². The lowest BCUT2D eigenvalue weighted by molar-refractivity contribution is 0.102. The monoisotopic (exact) mass is 369 g/mol. The number of halogens is 2. The molecule has 1 fully saturated rings. The molecule has 0 unspecified atom stereocenters. The highest BCUT2D eigenvalue weighted by atomic mass is 35.5. The third-order valence-electron chi connectivity index (χ3n) is 3.78. The number of likely N-dealkylation sites (tertiary alicyclic amines) is 1. The first-order chi connectivity index (χ1) is 11.1. The van der Waals surface area contributed by atoms with Gasteiger partial charge in [-0.3, -0.25) is 15.0 Å². The molecule has 1 amide bonds. The van der Waals surface area contributed by atoms with Gasteiger partial charge in [0.25, 0.3) is 5.91 Å². The Hall–Kier alpha value is -1.14. The number of hydrogen-bond donors (Lipinski definition) is 1. The summed E-state index contributed by atoms with van der Waals surface area (Å²) in [4.78, 5) is 19.2. The van der Waals surface area contributed by atoms with Gasteiger partial charge in [-0.1, -0.05) is 29.6 Å². The Morgan fingerprint density at radius 3 is 2.78 bits per heavy atom. The van der Waals surface area contributed by atoms with Gasteiger partial charge in [0.05, 0.1) is 16.3 Å². The molecule has 4 nitrogen and oxygen atoms in total. The van der Waals surface area contributed by atoms with E-state index in [9.17, 15) is 4.79 Å². The summed E-state index contributed by atoms with van der Waals surface area (Å²) in [5.74, 6) is -0.273. The number of thiazole rings is 1. The number of piperidine rings is 1. The van der Waals surface area contributed by atoms with E-state index in [4.69, 9.17) is 23.2 Å². The van der Waals surface area contributed by atoms with Crippen LogP contribution in [0.25, 0.3) is 0 Å². The summed E-state index contributed by atoms with van der Waals surface area (Å²) in [6.45, 7) is 3.09. The van der Waals surface area contributed by atoms with Crippen molar-refractivity contribution in [2.75, 3.05) is 18.4 Å². The van der Waals surface area contributed by atoms with Gasteiger partial charge in [-0.05, 0) is 44.1 Å². The van der Waals surface area contributed by atoms with Crippen LogP contribution in [0.4, 0.5) is 5.13 Å². The first-order valence-corrected chi connectivity index (χ1v) is 9.18.